The van der Waals surface area contributed by atoms with Gasteiger partial charge in [0.1, 0.15) is 23.9 Å². The van der Waals surface area contributed by atoms with Crippen LogP contribution in [0, 0.1) is 17.7 Å². The third-order valence-electron chi connectivity index (χ3n) is 3.82. The summed E-state index contributed by atoms with van der Waals surface area (Å²) in [5, 5.41) is 7.03. The molecule has 0 aliphatic rings. The quantitative estimate of drug-likeness (QED) is 0.612. The van der Waals surface area contributed by atoms with Crippen molar-refractivity contribution in [2.24, 2.45) is 7.05 Å². The van der Waals surface area contributed by atoms with Crippen LogP contribution < -0.4 is 10.1 Å². The van der Waals surface area contributed by atoms with Crippen LogP contribution in [0.5, 0.6) is 5.75 Å². The van der Waals surface area contributed by atoms with Crippen LogP contribution in [-0.4, -0.2) is 28.8 Å². The van der Waals surface area contributed by atoms with Gasteiger partial charge >= 0.3 is 0 Å². The molecular formula is C21H17BrFN3O2. The zero-order valence-electron chi connectivity index (χ0n) is 15.1. The predicted octanol–water partition coefficient (Wildman–Crippen LogP) is 3.80. The number of hydrogen-bond acceptors (Lipinski definition) is 3. The Bertz CT molecular complexity index is 1040. The van der Waals surface area contributed by atoms with Crippen molar-refractivity contribution < 1.29 is 13.9 Å². The molecule has 0 bridgehead atoms. The summed E-state index contributed by atoms with van der Waals surface area (Å²) in [6.45, 7) is 0.421. The lowest BCUT2D eigenvalue weighted by molar-refractivity contribution is 0.0949. The Labute approximate surface area is 170 Å². The fourth-order valence-electron chi connectivity index (χ4n) is 2.45. The molecule has 0 atom stereocenters. The maximum atomic E-state index is 13.0. The molecule has 5 nitrogen and oxygen atoms in total. The van der Waals surface area contributed by atoms with Gasteiger partial charge in [-0.2, -0.15) is 5.10 Å². The Morgan fingerprint density at radius 1 is 1.21 bits per heavy atom. The highest BCUT2D eigenvalue weighted by molar-refractivity contribution is 9.10. The third kappa shape index (κ3) is 5.21. The fourth-order valence-corrected chi connectivity index (χ4v) is 2.82. The summed E-state index contributed by atoms with van der Waals surface area (Å²) in [6.07, 6.45) is 0. The average Bonchev–Trinajstić information content (AvgIpc) is 3.07. The largest absolute Gasteiger partial charge is 0.481 e. The van der Waals surface area contributed by atoms with Gasteiger partial charge in [-0.3, -0.25) is 9.48 Å². The minimum absolute atomic E-state index is 0.192. The van der Waals surface area contributed by atoms with Crippen LogP contribution in [0.25, 0.3) is 11.3 Å². The lowest BCUT2D eigenvalue weighted by Gasteiger charge is -2.02. The number of carbonyl (C=O) groups is 1. The lowest BCUT2D eigenvalue weighted by atomic mass is 10.1. The SMILES string of the molecule is Cn1nc(-c2ccc(F)cc2)cc1C(=O)NCC#CCOc1cccc(Br)c1. The van der Waals surface area contributed by atoms with E-state index in [-0.39, 0.29) is 24.9 Å². The van der Waals surface area contributed by atoms with E-state index in [4.69, 9.17) is 4.74 Å². The first-order valence-electron chi connectivity index (χ1n) is 8.45. The van der Waals surface area contributed by atoms with Gasteiger partial charge in [0, 0.05) is 17.1 Å². The van der Waals surface area contributed by atoms with E-state index in [9.17, 15) is 9.18 Å². The molecule has 1 N–H and O–H groups in total. The standard InChI is InChI=1S/C21H17BrFN3O2/c1-26-20(14-19(25-26)15-7-9-17(23)10-8-15)21(27)24-11-2-3-12-28-18-6-4-5-16(22)13-18/h4-10,13-14H,11-12H2,1H3,(H,24,27). The second kappa shape index (κ2) is 9.20. The highest BCUT2D eigenvalue weighted by Crippen LogP contribution is 2.19. The molecule has 1 heterocycles. The van der Waals surface area contributed by atoms with Crippen LogP contribution in [0.15, 0.2) is 59.1 Å². The highest BCUT2D eigenvalue weighted by Gasteiger charge is 2.13. The molecule has 0 saturated carbocycles. The Kier molecular flexibility index (Phi) is 6.45. The molecule has 0 aliphatic heterocycles. The van der Waals surface area contributed by atoms with Crippen molar-refractivity contribution in [1.29, 1.82) is 0 Å². The molecule has 3 rings (SSSR count). The maximum Gasteiger partial charge on any atom is 0.270 e. The predicted molar refractivity (Wildman–Crippen MR) is 108 cm³/mol. The summed E-state index contributed by atoms with van der Waals surface area (Å²) in [6, 6.07) is 15.1. The normalized spacial score (nSPS) is 10.1. The average molecular weight is 442 g/mol. The van der Waals surface area contributed by atoms with Gasteiger partial charge in [0.2, 0.25) is 0 Å². The summed E-state index contributed by atoms with van der Waals surface area (Å²) in [5.41, 5.74) is 1.73. The lowest BCUT2D eigenvalue weighted by Crippen LogP contribution is -2.25. The number of aryl methyl sites for hydroxylation is 1. The molecule has 0 spiro atoms. The second-order valence-electron chi connectivity index (χ2n) is 5.83. The molecule has 3 aromatic rings. The van der Waals surface area contributed by atoms with Gasteiger partial charge in [0.15, 0.2) is 0 Å². The number of nitrogens with zero attached hydrogens (tertiary/aromatic N) is 2. The number of benzene rings is 2. The van der Waals surface area contributed by atoms with Crippen molar-refractivity contribution >= 4 is 21.8 Å². The molecule has 0 saturated heterocycles. The highest BCUT2D eigenvalue weighted by atomic mass is 79.9. The van der Waals surface area contributed by atoms with E-state index in [1.54, 1.807) is 25.2 Å². The van der Waals surface area contributed by atoms with Gasteiger partial charge < -0.3 is 10.1 Å². The minimum atomic E-state index is -0.319. The van der Waals surface area contributed by atoms with Gasteiger partial charge in [0.05, 0.1) is 12.2 Å². The van der Waals surface area contributed by atoms with E-state index in [1.807, 2.05) is 24.3 Å². The van der Waals surface area contributed by atoms with E-state index in [0.29, 0.717) is 11.4 Å². The molecule has 0 fully saturated rings. The first kappa shape index (κ1) is 19.6. The van der Waals surface area contributed by atoms with Gasteiger partial charge in [-0.1, -0.05) is 33.8 Å². The Balaban J connectivity index is 1.52. The van der Waals surface area contributed by atoms with Gasteiger partial charge in [-0.05, 0) is 48.5 Å². The van der Waals surface area contributed by atoms with Gasteiger partial charge in [-0.15, -0.1) is 0 Å². The van der Waals surface area contributed by atoms with Crippen molar-refractivity contribution in [2.45, 2.75) is 0 Å². The molecular weight excluding hydrogens is 425 g/mol. The van der Waals surface area contributed by atoms with Crippen LogP contribution in [0.3, 0.4) is 0 Å². The molecule has 2 aromatic carbocycles. The maximum absolute atomic E-state index is 13.0. The molecule has 7 heteroatoms. The topological polar surface area (TPSA) is 56.2 Å². The van der Waals surface area contributed by atoms with Crippen LogP contribution >= 0.6 is 15.9 Å². The summed E-state index contributed by atoms with van der Waals surface area (Å²) in [7, 11) is 1.68. The van der Waals surface area contributed by atoms with E-state index in [2.05, 4.69) is 38.2 Å². The number of ether oxygens (including phenoxy) is 1. The van der Waals surface area contributed by atoms with Crippen molar-refractivity contribution in [1.82, 2.24) is 15.1 Å². The second-order valence-corrected chi connectivity index (χ2v) is 6.74. The molecule has 1 amide bonds. The van der Waals surface area contributed by atoms with Crippen molar-refractivity contribution in [3.8, 4) is 28.8 Å². The van der Waals surface area contributed by atoms with E-state index >= 15 is 0 Å². The van der Waals surface area contributed by atoms with E-state index in [0.717, 1.165) is 15.8 Å². The number of halogens is 2. The molecule has 0 radical (unpaired) electrons. The number of hydrogen-bond donors (Lipinski definition) is 1. The van der Waals surface area contributed by atoms with Crippen LogP contribution in [0.4, 0.5) is 4.39 Å². The summed E-state index contributed by atoms with van der Waals surface area (Å²) >= 11 is 3.37. The number of carbonyl (C=O) groups excluding carboxylic acids is 1. The van der Waals surface area contributed by atoms with Crippen molar-refractivity contribution in [2.75, 3.05) is 13.2 Å². The van der Waals surface area contributed by atoms with E-state index in [1.165, 1.54) is 16.8 Å². The molecule has 28 heavy (non-hydrogen) atoms. The third-order valence-corrected chi connectivity index (χ3v) is 4.32. The Morgan fingerprint density at radius 3 is 2.75 bits per heavy atom. The van der Waals surface area contributed by atoms with Crippen molar-refractivity contribution in [3.05, 3.63) is 70.6 Å². The number of rotatable bonds is 5. The van der Waals surface area contributed by atoms with Crippen LogP contribution in [0.2, 0.25) is 0 Å². The minimum Gasteiger partial charge on any atom is -0.481 e. The first-order valence-corrected chi connectivity index (χ1v) is 9.24. The molecule has 0 unspecified atom stereocenters. The van der Waals surface area contributed by atoms with Crippen LogP contribution in [0.1, 0.15) is 10.5 Å². The van der Waals surface area contributed by atoms with E-state index < -0.39 is 0 Å². The summed E-state index contributed by atoms with van der Waals surface area (Å²) in [4.78, 5) is 12.3. The van der Waals surface area contributed by atoms with Crippen LogP contribution in [-0.2, 0) is 7.05 Å². The molecule has 1 aromatic heterocycles. The van der Waals surface area contributed by atoms with Gasteiger partial charge in [0.25, 0.3) is 5.91 Å². The zero-order chi connectivity index (χ0) is 19.9. The smallest absolute Gasteiger partial charge is 0.270 e. The fraction of sp³-hybridized carbons (Fsp3) is 0.143. The number of aromatic nitrogens is 2. The first-order chi connectivity index (χ1) is 13.5. The number of amides is 1. The Hall–Kier alpha value is -3.11. The Morgan fingerprint density at radius 2 is 2.00 bits per heavy atom. The van der Waals surface area contributed by atoms with Crippen molar-refractivity contribution in [3.63, 3.8) is 0 Å². The summed E-state index contributed by atoms with van der Waals surface area (Å²) in [5.74, 6) is 5.81. The zero-order valence-corrected chi connectivity index (χ0v) is 16.7. The van der Waals surface area contributed by atoms with Gasteiger partial charge in [-0.25, -0.2) is 4.39 Å². The monoisotopic (exact) mass is 441 g/mol. The number of nitrogens with one attached hydrogen (secondary N) is 1. The molecule has 0 aliphatic carbocycles. The summed E-state index contributed by atoms with van der Waals surface area (Å²) < 4.78 is 21.0. The molecule has 142 valence electrons.